The summed E-state index contributed by atoms with van der Waals surface area (Å²) in [5, 5.41) is 28.0. The Labute approximate surface area is 360 Å². The van der Waals surface area contributed by atoms with Crippen LogP contribution >= 0.6 is 0 Å². The molecule has 0 aliphatic carbocycles. The van der Waals surface area contributed by atoms with Gasteiger partial charge in [0.2, 0.25) is 17.8 Å². The van der Waals surface area contributed by atoms with Crippen molar-refractivity contribution in [1.29, 1.82) is 5.26 Å². The van der Waals surface area contributed by atoms with Gasteiger partial charge in [-0.1, -0.05) is 43.3 Å². The summed E-state index contributed by atoms with van der Waals surface area (Å²) in [6.07, 6.45) is 10.3. The van der Waals surface area contributed by atoms with Gasteiger partial charge in [-0.05, 0) is 65.1 Å². The molecule has 17 heteroatoms. The molecule has 3 aliphatic heterocycles. The van der Waals surface area contributed by atoms with Gasteiger partial charge >= 0.3 is 0 Å². The van der Waals surface area contributed by atoms with Crippen LogP contribution in [0.4, 0.5) is 39.3 Å². The first-order valence-corrected chi connectivity index (χ1v) is 20.6. The van der Waals surface area contributed by atoms with E-state index >= 15 is 0 Å². The zero-order valence-electron chi connectivity index (χ0n) is 34.4. The Morgan fingerprint density at radius 1 is 0.548 bits per heavy atom. The van der Waals surface area contributed by atoms with Crippen LogP contribution in [0.1, 0.15) is 53.1 Å². The second kappa shape index (κ2) is 22.9. The van der Waals surface area contributed by atoms with Crippen molar-refractivity contribution >= 4 is 34.9 Å². The molecule has 0 saturated carbocycles. The summed E-state index contributed by atoms with van der Waals surface area (Å²) in [4.78, 5) is 24.5. The quantitative estimate of drug-likeness (QED) is 0.0908. The average Bonchev–Trinajstić information content (AvgIpc) is 3.35. The summed E-state index contributed by atoms with van der Waals surface area (Å²) in [6.45, 7) is 9.60. The van der Waals surface area contributed by atoms with E-state index in [9.17, 15) is 4.39 Å². The van der Waals surface area contributed by atoms with Gasteiger partial charge in [0.05, 0.1) is 68.5 Å². The van der Waals surface area contributed by atoms with Crippen LogP contribution in [0.5, 0.6) is 0 Å². The highest BCUT2D eigenvalue weighted by molar-refractivity contribution is 5.55. The maximum Gasteiger partial charge on any atom is 0.227 e. The minimum Gasteiger partial charge on any atom is -0.371 e. The van der Waals surface area contributed by atoms with E-state index in [2.05, 4.69) is 80.9 Å². The topological polar surface area (TPSA) is 201 Å². The molecule has 0 unspecified atom stereocenters. The van der Waals surface area contributed by atoms with Gasteiger partial charge in [-0.3, -0.25) is 0 Å². The van der Waals surface area contributed by atoms with Crippen LogP contribution in [0.25, 0.3) is 0 Å². The van der Waals surface area contributed by atoms with Crippen LogP contribution in [0.15, 0.2) is 110 Å². The molecule has 0 spiro atoms. The van der Waals surface area contributed by atoms with Crippen LogP contribution in [0.2, 0.25) is 0 Å². The van der Waals surface area contributed by atoms with Crippen molar-refractivity contribution in [2.45, 2.75) is 31.7 Å². The standard InChI is InChI=1S/C16H20N4O.C15H15N5O.C14H15FN4O/c1-2-12-9-18-16(19-10-12)20-14-5-3-13(4-6-14)15-11-17-7-8-21-15;16-7-11-8-18-15(19-9-11)20-13-3-1-12(2-4-13)14-10-17-5-6-21-14;15-11-7-17-14(18-8-11)19-12-3-1-10(2-4-12)13-9-16-5-6-20-13/h3-6,9-10,15,17H,2,7-8,11H2,1H3,(H,18,19,20);1-4,8-9,14,17H,5-6,10H2,(H,18,19,20);1-4,7-8,13,16H,5-6,9H2,(H,17,18,19)/t15-;14-;13-/m111/s1. The van der Waals surface area contributed by atoms with E-state index in [1.807, 2.05) is 79.1 Å². The lowest BCUT2D eigenvalue weighted by atomic mass is 10.1. The van der Waals surface area contributed by atoms with E-state index in [4.69, 9.17) is 19.5 Å². The number of morpholine rings is 3. The van der Waals surface area contributed by atoms with Crippen LogP contribution in [-0.4, -0.2) is 89.0 Å². The predicted octanol–water partition coefficient (Wildman–Crippen LogP) is 6.22. The maximum atomic E-state index is 12.7. The number of nitriles is 1. The molecule has 9 rings (SSSR count). The number of ether oxygens (including phenoxy) is 3. The first kappa shape index (κ1) is 43.6. The van der Waals surface area contributed by atoms with Gasteiger partial charge in [0.25, 0.3) is 0 Å². The Bertz CT molecular complexity index is 2260. The molecular formula is C45H50FN13O3. The minimum absolute atomic E-state index is 0.0971. The van der Waals surface area contributed by atoms with Crippen molar-refractivity contribution in [1.82, 2.24) is 45.9 Å². The largest absolute Gasteiger partial charge is 0.371 e. The predicted molar refractivity (Wildman–Crippen MR) is 234 cm³/mol. The molecule has 16 nitrogen and oxygen atoms in total. The van der Waals surface area contributed by atoms with Gasteiger partial charge in [-0.15, -0.1) is 0 Å². The highest BCUT2D eigenvalue weighted by Crippen LogP contribution is 2.24. The number of rotatable bonds is 10. The highest BCUT2D eigenvalue weighted by Gasteiger charge is 2.17. The Hall–Kier alpha value is -6.52. The number of halogens is 1. The molecule has 320 valence electrons. The lowest BCUT2D eigenvalue weighted by molar-refractivity contribution is 0.0276. The van der Waals surface area contributed by atoms with Crippen molar-refractivity contribution in [2.75, 3.05) is 75.0 Å². The molecule has 6 heterocycles. The molecule has 62 heavy (non-hydrogen) atoms. The van der Waals surface area contributed by atoms with E-state index in [1.54, 1.807) is 0 Å². The zero-order valence-corrected chi connectivity index (χ0v) is 34.4. The van der Waals surface area contributed by atoms with Gasteiger partial charge < -0.3 is 46.1 Å². The summed E-state index contributed by atoms with van der Waals surface area (Å²) >= 11 is 0. The number of hydrogen-bond acceptors (Lipinski definition) is 16. The Balaban J connectivity index is 0.000000140. The van der Waals surface area contributed by atoms with Crippen molar-refractivity contribution in [2.24, 2.45) is 0 Å². The summed E-state index contributed by atoms with van der Waals surface area (Å²) in [7, 11) is 0. The van der Waals surface area contributed by atoms with Crippen LogP contribution in [0, 0.1) is 17.1 Å². The summed E-state index contributed by atoms with van der Waals surface area (Å²) in [5.74, 6) is 1.01. The third kappa shape index (κ3) is 13.2. The second-order valence-corrected chi connectivity index (χ2v) is 14.3. The molecule has 3 atom stereocenters. The monoisotopic (exact) mass is 839 g/mol. The number of aromatic nitrogens is 6. The molecule has 6 N–H and O–H groups in total. The van der Waals surface area contributed by atoms with E-state index in [0.29, 0.717) is 23.4 Å². The molecule has 0 amide bonds. The van der Waals surface area contributed by atoms with Crippen LogP contribution < -0.4 is 31.9 Å². The average molecular weight is 840 g/mol. The lowest BCUT2D eigenvalue weighted by Crippen LogP contribution is -2.33. The number of anilines is 6. The molecule has 6 aromatic rings. The van der Waals surface area contributed by atoms with Gasteiger partial charge in [-0.2, -0.15) is 5.26 Å². The first-order valence-electron chi connectivity index (χ1n) is 20.6. The number of benzene rings is 3. The van der Waals surface area contributed by atoms with Crippen molar-refractivity contribution in [3.8, 4) is 6.07 Å². The highest BCUT2D eigenvalue weighted by atomic mass is 19.1. The van der Waals surface area contributed by atoms with E-state index in [1.165, 1.54) is 18.0 Å². The Morgan fingerprint density at radius 2 is 0.887 bits per heavy atom. The van der Waals surface area contributed by atoms with Crippen LogP contribution in [0.3, 0.4) is 0 Å². The van der Waals surface area contributed by atoms with E-state index in [0.717, 1.165) is 112 Å². The fourth-order valence-corrected chi connectivity index (χ4v) is 6.50. The molecular weight excluding hydrogens is 790 g/mol. The molecule has 3 aromatic carbocycles. The Morgan fingerprint density at radius 3 is 1.19 bits per heavy atom. The van der Waals surface area contributed by atoms with E-state index < -0.39 is 5.82 Å². The van der Waals surface area contributed by atoms with Gasteiger partial charge in [0.15, 0.2) is 5.82 Å². The third-order valence-corrected chi connectivity index (χ3v) is 9.91. The molecule has 3 aromatic heterocycles. The third-order valence-electron chi connectivity index (χ3n) is 9.91. The molecule has 0 bridgehead atoms. The molecule has 3 aliphatic rings. The van der Waals surface area contributed by atoms with Gasteiger partial charge in [0, 0.05) is 68.7 Å². The zero-order chi connectivity index (χ0) is 42.8. The molecule has 0 radical (unpaired) electrons. The van der Waals surface area contributed by atoms with Crippen molar-refractivity contribution < 1.29 is 18.6 Å². The SMILES string of the molecule is CCc1cnc(Nc2ccc([C@H]3CNCCO3)cc2)nc1.Fc1cnc(Nc2ccc([C@H]3CNCCO3)cc2)nc1.N#Cc1cnc(Nc2ccc([C@H]3CNCCO3)cc2)nc1. The summed E-state index contributed by atoms with van der Waals surface area (Å²) < 4.78 is 29.8. The van der Waals surface area contributed by atoms with Gasteiger partial charge in [-0.25, -0.2) is 34.3 Å². The van der Waals surface area contributed by atoms with Crippen LogP contribution in [-0.2, 0) is 20.6 Å². The number of aryl methyl sites for hydroxylation is 1. The number of nitrogens with zero attached hydrogens (tertiary/aromatic N) is 7. The molecule has 3 fully saturated rings. The number of hydrogen-bond donors (Lipinski definition) is 6. The lowest BCUT2D eigenvalue weighted by Gasteiger charge is -2.24. The van der Waals surface area contributed by atoms with Gasteiger partial charge in [0.1, 0.15) is 6.07 Å². The maximum absolute atomic E-state index is 12.7. The second-order valence-electron chi connectivity index (χ2n) is 14.3. The number of nitrogens with one attached hydrogen (secondary N) is 6. The fourth-order valence-electron chi connectivity index (χ4n) is 6.50. The van der Waals surface area contributed by atoms with Crippen molar-refractivity contribution in [3.05, 3.63) is 144 Å². The fraction of sp³-hybridized carbons (Fsp3) is 0.311. The summed E-state index contributed by atoms with van der Waals surface area (Å²) in [6, 6.07) is 26.1. The van der Waals surface area contributed by atoms with Crippen molar-refractivity contribution in [3.63, 3.8) is 0 Å². The summed E-state index contributed by atoms with van der Waals surface area (Å²) in [5.41, 5.74) is 7.77. The van der Waals surface area contributed by atoms with E-state index in [-0.39, 0.29) is 18.3 Å². The first-order chi connectivity index (χ1) is 30.5. The Kier molecular flexibility index (Phi) is 16.1. The normalized spacial score (nSPS) is 18.4. The minimum atomic E-state index is -0.451. The smallest absolute Gasteiger partial charge is 0.227 e. The molecule has 3 saturated heterocycles.